The van der Waals surface area contributed by atoms with Gasteiger partial charge in [-0.05, 0) is 20.3 Å². The first-order chi connectivity index (χ1) is 6.55. The lowest BCUT2D eigenvalue weighted by Gasteiger charge is -2.24. The third-order valence-corrected chi connectivity index (χ3v) is 2.44. The number of hydrogen-bond donors (Lipinski definition) is 1. The zero-order chi connectivity index (χ0) is 10.6. The molecular formula is C9H17ClN4. The van der Waals surface area contributed by atoms with E-state index in [2.05, 4.69) is 29.2 Å². The van der Waals surface area contributed by atoms with Gasteiger partial charge in [-0.3, -0.25) is 4.68 Å². The van der Waals surface area contributed by atoms with Crippen LogP contribution in [0.25, 0.3) is 0 Å². The predicted molar refractivity (Wildman–Crippen MR) is 57.3 cm³/mol. The maximum absolute atomic E-state index is 5.70. The number of aryl methyl sites for hydroxylation is 1. The van der Waals surface area contributed by atoms with Gasteiger partial charge in [0, 0.05) is 18.5 Å². The molecule has 0 aromatic carbocycles. The van der Waals surface area contributed by atoms with Gasteiger partial charge in [-0.25, -0.2) is 4.98 Å². The molecule has 0 aliphatic heterocycles. The Hall–Kier alpha value is -0.610. The smallest absolute Gasteiger partial charge is 0.140 e. The molecular weight excluding hydrogens is 200 g/mol. The van der Waals surface area contributed by atoms with Crippen LogP contribution in [0, 0.1) is 0 Å². The summed E-state index contributed by atoms with van der Waals surface area (Å²) in [5.74, 6) is 1.60. The van der Waals surface area contributed by atoms with Crippen molar-refractivity contribution in [3.63, 3.8) is 0 Å². The fraction of sp³-hybridized carbons (Fsp3) is 0.778. The van der Waals surface area contributed by atoms with Crippen LogP contribution in [0.4, 0.5) is 0 Å². The molecule has 0 aliphatic rings. The fourth-order valence-electron chi connectivity index (χ4n) is 1.12. The first-order valence-corrected chi connectivity index (χ1v) is 5.22. The van der Waals surface area contributed by atoms with Gasteiger partial charge in [-0.1, -0.05) is 0 Å². The van der Waals surface area contributed by atoms with Gasteiger partial charge in [0.2, 0.25) is 0 Å². The van der Waals surface area contributed by atoms with Gasteiger partial charge in [0.15, 0.2) is 0 Å². The highest BCUT2D eigenvalue weighted by Gasteiger charge is 2.16. The van der Waals surface area contributed by atoms with Crippen LogP contribution in [0.15, 0.2) is 6.33 Å². The van der Waals surface area contributed by atoms with Gasteiger partial charge < -0.3 is 5.32 Å². The fourth-order valence-corrected chi connectivity index (χ4v) is 1.60. The first kappa shape index (κ1) is 11.5. The Morgan fingerprint density at radius 1 is 1.57 bits per heavy atom. The standard InChI is InChI=1S/C9H17ClN4/c1-9(2,4-5-10)12-6-8-11-7-13-14(8)3/h7,12H,4-6H2,1-3H3. The molecule has 1 N–H and O–H groups in total. The minimum Gasteiger partial charge on any atom is -0.305 e. The monoisotopic (exact) mass is 216 g/mol. The third kappa shape index (κ3) is 3.27. The van der Waals surface area contributed by atoms with Crippen LogP contribution in [0.2, 0.25) is 0 Å². The van der Waals surface area contributed by atoms with Crippen LogP contribution >= 0.6 is 11.6 Å². The normalized spacial score (nSPS) is 12.0. The topological polar surface area (TPSA) is 42.7 Å². The van der Waals surface area contributed by atoms with Gasteiger partial charge in [-0.15, -0.1) is 11.6 Å². The molecule has 80 valence electrons. The van der Waals surface area contributed by atoms with Crippen LogP contribution in [-0.2, 0) is 13.6 Å². The molecule has 1 heterocycles. The summed E-state index contributed by atoms with van der Waals surface area (Å²) in [5.41, 5.74) is 0.0493. The van der Waals surface area contributed by atoms with Gasteiger partial charge >= 0.3 is 0 Å². The quantitative estimate of drug-likeness (QED) is 0.755. The second-order valence-corrected chi connectivity index (χ2v) is 4.35. The van der Waals surface area contributed by atoms with E-state index in [1.54, 1.807) is 11.0 Å². The number of hydrogen-bond acceptors (Lipinski definition) is 3. The molecule has 0 fully saturated rings. The van der Waals surface area contributed by atoms with Gasteiger partial charge in [0.25, 0.3) is 0 Å². The van der Waals surface area contributed by atoms with Crippen molar-refractivity contribution < 1.29 is 0 Å². The largest absolute Gasteiger partial charge is 0.305 e. The van der Waals surface area contributed by atoms with Crippen molar-refractivity contribution in [3.05, 3.63) is 12.2 Å². The molecule has 1 rings (SSSR count). The minimum absolute atomic E-state index is 0.0493. The van der Waals surface area contributed by atoms with Crippen LogP contribution in [0.5, 0.6) is 0 Å². The zero-order valence-corrected chi connectivity index (χ0v) is 9.67. The summed E-state index contributed by atoms with van der Waals surface area (Å²) in [4.78, 5) is 4.14. The maximum atomic E-state index is 5.70. The van der Waals surface area contributed by atoms with E-state index < -0.39 is 0 Å². The van der Waals surface area contributed by atoms with Crippen LogP contribution in [-0.4, -0.2) is 26.2 Å². The Labute approximate surface area is 89.7 Å². The van der Waals surface area contributed by atoms with Gasteiger partial charge in [0.05, 0.1) is 6.54 Å². The van der Waals surface area contributed by atoms with E-state index in [0.29, 0.717) is 5.88 Å². The number of rotatable bonds is 5. The van der Waals surface area contributed by atoms with Crippen molar-refractivity contribution in [1.82, 2.24) is 20.1 Å². The molecule has 0 spiro atoms. The second kappa shape index (κ2) is 4.75. The van der Waals surface area contributed by atoms with E-state index in [1.165, 1.54) is 0 Å². The van der Waals surface area contributed by atoms with Crippen molar-refractivity contribution >= 4 is 11.6 Å². The van der Waals surface area contributed by atoms with E-state index in [9.17, 15) is 0 Å². The maximum Gasteiger partial charge on any atom is 0.140 e. The molecule has 1 aromatic heterocycles. The summed E-state index contributed by atoms with van der Waals surface area (Å²) in [6.07, 6.45) is 2.50. The molecule has 14 heavy (non-hydrogen) atoms. The Bertz CT molecular complexity index is 282. The predicted octanol–water partition coefficient (Wildman–Crippen LogP) is 1.31. The lowest BCUT2D eigenvalue weighted by Crippen LogP contribution is -2.39. The summed E-state index contributed by atoms with van der Waals surface area (Å²) in [6.45, 7) is 4.98. The molecule has 0 saturated heterocycles. The third-order valence-electron chi connectivity index (χ3n) is 2.25. The molecule has 0 unspecified atom stereocenters. The summed E-state index contributed by atoms with van der Waals surface area (Å²) in [6, 6.07) is 0. The van der Waals surface area contributed by atoms with Crippen molar-refractivity contribution in [2.45, 2.75) is 32.4 Å². The Morgan fingerprint density at radius 2 is 2.29 bits per heavy atom. The van der Waals surface area contributed by atoms with Gasteiger partial charge in [-0.2, -0.15) is 5.10 Å². The van der Waals surface area contributed by atoms with Crippen molar-refractivity contribution in [2.75, 3.05) is 5.88 Å². The number of nitrogens with one attached hydrogen (secondary N) is 1. The second-order valence-electron chi connectivity index (χ2n) is 3.98. The highest BCUT2D eigenvalue weighted by atomic mass is 35.5. The molecule has 0 atom stereocenters. The van der Waals surface area contributed by atoms with E-state index in [4.69, 9.17) is 11.6 Å². The van der Waals surface area contributed by atoms with Crippen molar-refractivity contribution in [3.8, 4) is 0 Å². The summed E-state index contributed by atoms with van der Waals surface area (Å²) in [7, 11) is 1.89. The number of nitrogens with zero attached hydrogens (tertiary/aromatic N) is 3. The molecule has 5 heteroatoms. The minimum atomic E-state index is 0.0493. The summed E-state index contributed by atoms with van der Waals surface area (Å²) >= 11 is 5.70. The Kier molecular flexibility index (Phi) is 3.89. The highest BCUT2D eigenvalue weighted by Crippen LogP contribution is 2.09. The lowest BCUT2D eigenvalue weighted by atomic mass is 10.0. The van der Waals surface area contributed by atoms with Crippen molar-refractivity contribution in [1.29, 1.82) is 0 Å². The molecule has 0 radical (unpaired) electrons. The number of alkyl halides is 1. The van der Waals surface area contributed by atoms with E-state index in [-0.39, 0.29) is 5.54 Å². The van der Waals surface area contributed by atoms with Gasteiger partial charge in [0.1, 0.15) is 12.2 Å². The molecule has 0 amide bonds. The van der Waals surface area contributed by atoms with E-state index in [0.717, 1.165) is 18.8 Å². The SMILES string of the molecule is Cn1ncnc1CNC(C)(C)CCCl. The molecule has 0 bridgehead atoms. The zero-order valence-electron chi connectivity index (χ0n) is 8.92. The summed E-state index contributed by atoms with van der Waals surface area (Å²) in [5, 5.41) is 7.40. The molecule has 1 aromatic rings. The molecule has 4 nitrogen and oxygen atoms in total. The molecule has 0 aliphatic carbocycles. The Morgan fingerprint density at radius 3 is 2.79 bits per heavy atom. The lowest BCUT2D eigenvalue weighted by molar-refractivity contribution is 0.368. The highest BCUT2D eigenvalue weighted by molar-refractivity contribution is 6.17. The average molecular weight is 217 g/mol. The Balaban J connectivity index is 2.44. The number of aromatic nitrogens is 3. The first-order valence-electron chi connectivity index (χ1n) is 4.69. The average Bonchev–Trinajstić information content (AvgIpc) is 2.48. The number of halogens is 1. The summed E-state index contributed by atoms with van der Waals surface area (Å²) < 4.78 is 1.77. The molecule has 0 saturated carbocycles. The van der Waals surface area contributed by atoms with Crippen LogP contribution in [0.1, 0.15) is 26.1 Å². The van der Waals surface area contributed by atoms with E-state index in [1.807, 2.05) is 7.05 Å². The van der Waals surface area contributed by atoms with E-state index >= 15 is 0 Å². The van der Waals surface area contributed by atoms with Crippen LogP contribution in [0.3, 0.4) is 0 Å². The van der Waals surface area contributed by atoms with Crippen molar-refractivity contribution in [2.24, 2.45) is 7.05 Å². The van der Waals surface area contributed by atoms with Crippen LogP contribution < -0.4 is 5.32 Å².